The van der Waals surface area contributed by atoms with Gasteiger partial charge in [-0.15, -0.1) is 0 Å². The summed E-state index contributed by atoms with van der Waals surface area (Å²) in [5, 5.41) is 11.8. The molecule has 0 heterocycles. The van der Waals surface area contributed by atoms with Crippen LogP contribution in [0.2, 0.25) is 0 Å². The molecular formula is C18H19NO4S. The predicted molar refractivity (Wildman–Crippen MR) is 93.1 cm³/mol. The van der Waals surface area contributed by atoms with E-state index in [0.717, 1.165) is 5.56 Å². The number of hydrogen-bond donors (Lipinski definition) is 2. The maximum Gasteiger partial charge on any atom is 0.335 e. The summed E-state index contributed by atoms with van der Waals surface area (Å²) < 4.78 is 12.1. The maximum absolute atomic E-state index is 12.1. The van der Waals surface area contributed by atoms with Crippen LogP contribution in [0.5, 0.6) is 0 Å². The van der Waals surface area contributed by atoms with Crippen LogP contribution in [0.1, 0.15) is 34.5 Å². The van der Waals surface area contributed by atoms with Crippen molar-refractivity contribution < 1.29 is 18.9 Å². The zero-order valence-electron chi connectivity index (χ0n) is 13.3. The van der Waals surface area contributed by atoms with Crippen molar-refractivity contribution in [3.05, 3.63) is 71.3 Å². The summed E-state index contributed by atoms with van der Waals surface area (Å²) in [5.41, 5.74) is 1.76. The Morgan fingerprint density at radius 3 is 2.50 bits per heavy atom. The van der Waals surface area contributed by atoms with Crippen LogP contribution in [0.4, 0.5) is 0 Å². The molecule has 2 N–H and O–H groups in total. The van der Waals surface area contributed by atoms with Gasteiger partial charge >= 0.3 is 5.97 Å². The van der Waals surface area contributed by atoms with Crippen LogP contribution in [0.15, 0.2) is 54.6 Å². The first-order chi connectivity index (χ1) is 11.5. The molecule has 24 heavy (non-hydrogen) atoms. The van der Waals surface area contributed by atoms with Gasteiger partial charge in [0.15, 0.2) is 0 Å². The molecule has 2 aromatic carbocycles. The quantitative estimate of drug-likeness (QED) is 0.808. The van der Waals surface area contributed by atoms with Gasteiger partial charge in [0.2, 0.25) is 5.91 Å². The summed E-state index contributed by atoms with van der Waals surface area (Å²) in [7, 11) is -1.40. The fourth-order valence-electron chi connectivity index (χ4n) is 2.29. The summed E-state index contributed by atoms with van der Waals surface area (Å²) in [6.45, 7) is 1.87. The molecule has 0 aliphatic carbocycles. The summed E-state index contributed by atoms with van der Waals surface area (Å²) in [4.78, 5) is 22.9. The molecule has 0 saturated carbocycles. The van der Waals surface area contributed by atoms with Gasteiger partial charge in [0.25, 0.3) is 0 Å². The summed E-state index contributed by atoms with van der Waals surface area (Å²) in [6.07, 6.45) is 0. The smallest absolute Gasteiger partial charge is 0.335 e. The fraction of sp³-hybridized carbons (Fsp3) is 0.222. The third-order valence-corrected chi connectivity index (χ3v) is 4.71. The first-order valence-corrected chi connectivity index (χ1v) is 8.96. The molecule has 2 aromatic rings. The Bertz CT molecular complexity index is 746. The van der Waals surface area contributed by atoms with E-state index >= 15 is 0 Å². The highest BCUT2D eigenvalue weighted by Crippen LogP contribution is 2.11. The van der Waals surface area contributed by atoms with Gasteiger partial charge in [0.1, 0.15) is 5.75 Å². The number of carboxylic acid groups (broad SMARTS) is 1. The lowest BCUT2D eigenvalue weighted by Gasteiger charge is -2.14. The Hall–Kier alpha value is -2.47. The van der Waals surface area contributed by atoms with Crippen molar-refractivity contribution in [2.75, 3.05) is 5.75 Å². The highest BCUT2D eigenvalue weighted by atomic mass is 32.2. The van der Waals surface area contributed by atoms with E-state index in [1.165, 1.54) is 12.1 Å². The number of carbonyl (C=O) groups is 2. The monoisotopic (exact) mass is 345 g/mol. The third-order valence-electron chi connectivity index (χ3n) is 3.47. The predicted octanol–water partition coefficient (Wildman–Crippen LogP) is 2.51. The second kappa shape index (κ2) is 8.40. The number of carbonyl (C=O) groups excluding carboxylic acids is 1. The van der Waals surface area contributed by atoms with Crippen molar-refractivity contribution in [3.8, 4) is 0 Å². The lowest BCUT2D eigenvalue weighted by atomic mass is 10.1. The van der Waals surface area contributed by atoms with Crippen molar-refractivity contribution in [1.82, 2.24) is 5.32 Å². The number of benzene rings is 2. The molecule has 0 spiro atoms. The molecule has 2 atom stereocenters. The van der Waals surface area contributed by atoms with Crippen molar-refractivity contribution in [1.29, 1.82) is 0 Å². The van der Waals surface area contributed by atoms with Gasteiger partial charge in [0, 0.05) is 16.6 Å². The van der Waals surface area contributed by atoms with Gasteiger partial charge in [-0.25, -0.2) is 4.79 Å². The topological polar surface area (TPSA) is 83.5 Å². The van der Waals surface area contributed by atoms with E-state index in [9.17, 15) is 13.8 Å². The number of amides is 1. The van der Waals surface area contributed by atoms with Crippen LogP contribution in [0.3, 0.4) is 0 Å². The van der Waals surface area contributed by atoms with Crippen LogP contribution in [-0.4, -0.2) is 26.9 Å². The molecule has 0 bridgehead atoms. The minimum absolute atomic E-state index is 0.117. The van der Waals surface area contributed by atoms with E-state index in [4.69, 9.17) is 5.11 Å². The Morgan fingerprint density at radius 1 is 1.12 bits per heavy atom. The molecule has 0 saturated heterocycles. The van der Waals surface area contributed by atoms with Gasteiger partial charge in [-0.1, -0.05) is 42.5 Å². The minimum atomic E-state index is -1.40. The number of carboxylic acids is 1. The van der Waals surface area contributed by atoms with Crippen LogP contribution >= 0.6 is 0 Å². The zero-order valence-corrected chi connectivity index (χ0v) is 14.1. The number of rotatable bonds is 7. The van der Waals surface area contributed by atoms with Crippen LogP contribution in [0.25, 0.3) is 0 Å². The minimum Gasteiger partial charge on any atom is -0.478 e. The van der Waals surface area contributed by atoms with Crippen molar-refractivity contribution in [3.63, 3.8) is 0 Å². The molecule has 5 nitrogen and oxygen atoms in total. The molecule has 0 radical (unpaired) electrons. The lowest BCUT2D eigenvalue weighted by molar-refractivity contribution is -0.119. The van der Waals surface area contributed by atoms with E-state index in [1.807, 2.05) is 37.3 Å². The second-order valence-electron chi connectivity index (χ2n) is 5.43. The molecule has 126 valence electrons. The molecule has 6 heteroatoms. The number of hydrogen-bond acceptors (Lipinski definition) is 3. The Morgan fingerprint density at radius 2 is 1.83 bits per heavy atom. The second-order valence-corrected chi connectivity index (χ2v) is 6.89. The summed E-state index contributed by atoms with van der Waals surface area (Å²) in [5.74, 6) is -1.29. The number of aromatic carboxylic acids is 1. The third kappa shape index (κ3) is 5.31. The van der Waals surface area contributed by atoms with Gasteiger partial charge in [-0.3, -0.25) is 9.00 Å². The first kappa shape index (κ1) is 17.9. The molecule has 2 rings (SSSR count). The normalized spacial score (nSPS) is 13.0. The SMILES string of the molecule is CC(NC(=O)CS(=O)Cc1cccc(C(=O)O)c1)c1ccccc1. The maximum atomic E-state index is 12.1. The first-order valence-electron chi connectivity index (χ1n) is 7.47. The van der Waals surface area contributed by atoms with Gasteiger partial charge in [-0.05, 0) is 30.2 Å². The van der Waals surface area contributed by atoms with Crippen molar-refractivity contribution in [2.45, 2.75) is 18.7 Å². The fourth-order valence-corrected chi connectivity index (χ4v) is 3.31. The van der Waals surface area contributed by atoms with E-state index in [-0.39, 0.29) is 29.0 Å². The molecular weight excluding hydrogens is 326 g/mol. The zero-order chi connectivity index (χ0) is 17.5. The van der Waals surface area contributed by atoms with Crippen LogP contribution in [-0.2, 0) is 21.3 Å². The van der Waals surface area contributed by atoms with E-state index in [2.05, 4.69) is 5.32 Å². The molecule has 0 aliphatic heterocycles. The molecule has 0 aliphatic rings. The Labute approximate surface area is 143 Å². The van der Waals surface area contributed by atoms with E-state index < -0.39 is 16.8 Å². The van der Waals surface area contributed by atoms with Crippen molar-refractivity contribution >= 4 is 22.7 Å². The highest BCUT2D eigenvalue weighted by molar-refractivity contribution is 7.84. The van der Waals surface area contributed by atoms with Crippen LogP contribution in [0, 0.1) is 0 Å². The van der Waals surface area contributed by atoms with Gasteiger partial charge in [-0.2, -0.15) is 0 Å². The molecule has 0 aromatic heterocycles. The van der Waals surface area contributed by atoms with Gasteiger partial charge < -0.3 is 10.4 Å². The lowest BCUT2D eigenvalue weighted by Crippen LogP contribution is -2.31. The average Bonchev–Trinajstić information content (AvgIpc) is 2.55. The molecule has 1 amide bonds. The average molecular weight is 345 g/mol. The van der Waals surface area contributed by atoms with Crippen LogP contribution < -0.4 is 5.32 Å². The van der Waals surface area contributed by atoms with E-state index in [0.29, 0.717) is 5.56 Å². The Balaban J connectivity index is 1.89. The highest BCUT2D eigenvalue weighted by Gasteiger charge is 2.13. The van der Waals surface area contributed by atoms with E-state index in [1.54, 1.807) is 12.1 Å². The Kier molecular flexibility index (Phi) is 6.26. The largest absolute Gasteiger partial charge is 0.478 e. The molecule has 0 fully saturated rings. The summed E-state index contributed by atoms with van der Waals surface area (Å²) >= 11 is 0. The summed E-state index contributed by atoms with van der Waals surface area (Å²) in [6, 6.07) is 15.6. The van der Waals surface area contributed by atoms with Gasteiger partial charge in [0.05, 0.1) is 11.6 Å². The molecule has 2 unspecified atom stereocenters. The standard InChI is InChI=1S/C18H19NO4S/c1-13(15-7-3-2-4-8-15)19-17(20)12-24(23)11-14-6-5-9-16(10-14)18(21)22/h2-10,13H,11-12H2,1H3,(H,19,20)(H,21,22). The van der Waals surface area contributed by atoms with Crippen molar-refractivity contribution in [2.24, 2.45) is 0 Å². The number of nitrogens with one attached hydrogen (secondary N) is 1.